The summed E-state index contributed by atoms with van der Waals surface area (Å²) in [5.74, 6) is -0.378. The molecule has 8 nitrogen and oxygen atoms in total. The molecule has 2 fully saturated rings. The van der Waals surface area contributed by atoms with Gasteiger partial charge in [0.25, 0.3) is 5.91 Å². The van der Waals surface area contributed by atoms with E-state index in [2.05, 4.69) is 37.1 Å². The first kappa shape index (κ1) is 22.4. The normalized spacial score (nSPS) is 21.5. The van der Waals surface area contributed by atoms with E-state index in [-0.39, 0.29) is 11.3 Å². The molecule has 2 amide bonds. The van der Waals surface area contributed by atoms with E-state index in [1.807, 2.05) is 7.05 Å². The molecule has 28 heavy (non-hydrogen) atoms. The molecule has 0 unspecified atom stereocenters. The Morgan fingerprint density at radius 2 is 1.82 bits per heavy atom. The SMILES string of the molecule is CN1CCC(C#N)(NC(=O)[C@H](CCC(C)(C)C)OC(=O)N2CCOCC2)CC1. The largest absolute Gasteiger partial charge is 0.436 e. The van der Waals surface area contributed by atoms with Crippen LogP contribution in [0.25, 0.3) is 0 Å². The maximum absolute atomic E-state index is 13.0. The summed E-state index contributed by atoms with van der Waals surface area (Å²) in [5.41, 5.74) is -0.890. The fourth-order valence-electron chi connectivity index (χ4n) is 3.33. The van der Waals surface area contributed by atoms with Crippen LogP contribution < -0.4 is 5.32 Å². The van der Waals surface area contributed by atoms with Crippen LogP contribution in [0.15, 0.2) is 0 Å². The highest BCUT2D eigenvalue weighted by Gasteiger charge is 2.38. The van der Waals surface area contributed by atoms with Crippen LogP contribution in [0, 0.1) is 16.7 Å². The minimum Gasteiger partial charge on any atom is -0.436 e. The van der Waals surface area contributed by atoms with E-state index in [0.717, 1.165) is 19.5 Å². The highest BCUT2D eigenvalue weighted by atomic mass is 16.6. The average Bonchev–Trinajstić information content (AvgIpc) is 2.66. The van der Waals surface area contributed by atoms with Crippen molar-refractivity contribution in [1.29, 1.82) is 5.26 Å². The van der Waals surface area contributed by atoms with Crippen LogP contribution in [0.2, 0.25) is 0 Å². The zero-order chi connectivity index (χ0) is 20.8. The van der Waals surface area contributed by atoms with Crippen molar-refractivity contribution in [3.63, 3.8) is 0 Å². The lowest BCUT2D eigenvalue weighted by Gasteiger charge is -2.37. The van der Waals surface area contributed by atoms with Crippen LogP contribution in [-0.4, -0.2) is 79.9 Å². The standard InChI is InChI=1S/C20H34N4O4/c1-19(2,3)6-5-16(28-18(26)24-11-13-27-14-12-24)17(25)22-20(15-21)7-9-23(4)10-8-20/h16H,5-14H2,1-4H3,(H,22,25)/t16-/m0/s1. The lowest BCUT2D eigenvalue weighted by Crippen LogP contribution is -2.57. The zero-order valence-electron chi connectivity index (χ0n) is 17.6. The van der Waals surface area contributed by atoms with Crippen molar-refractivity contribution in [2.45, 2.75) is 58.1 Å². The highest BCUT2D eigenvalue weighted by molar-refractivity contribution is 5.84. The highest BCUT2D eigenvalue weighted by Crippen LogP contribution is 2.25. The number of nitrogens with one attached hydrogen (secondary N) is 1. The lowest BCUT2D eigenvalue weighted by atomic mass is 9.87. The molecule has 158 valence electrons. The van der Waals surface area contributed by atoms with E-state index in [0.29, 0.717) is 45.6 Å². The van der Waals surface area contributed by atoms with E-state index in [1.54, 1.807) is 4.90 Å². The Morgan fingerprint density at radius 3 is 2.36 bits per heavy atom. The van der Waals surface area contributed by atoms with E-state index in [9.17, 15) is 14.9 Å². The first-order valence-corrected chi connectivity index (χ1v) is 10.1. The van der Waals surface area contributed by atoms with Gasteiger partial charge in [-0.3, -0.25) is 4.79 Å². The first-order valence-electron chi connectivity index (χ1n) is 10.1. The summed E-state index contributed by atoms with van der Waals surface area (Å²) >= 11 is 0. The van der Waals surface area contributed by atoms with Crippen molar-refractivity contribution in [2.75, 3.05) is 46.4 Å². The van der Waals surface area contributed by atoms with E-state index < -0.39 is 17.7 Å². The number of amides is 2. The van der Waals surface area contributed by atoms with Crippen molar-refractivity contribution in [3.8, 4) is 6.07 Å². The minimum absolute atomic E-state index is 0.00433. The maximum atomic E-state index is 13.0. The third kappa shape index (κ3) is 6.64. The van der Waals surface area contributed by atoms with Crippen LogP contribution in [0.3, 0.4) is 0 Å². The van der Waals surface area contributed by atoms with Gasteiger partial charge in [0.05, 0.1) is 19.3 Å². The number of nitrogens with zero attached hydrogens (tertiary/aromatic N) is 3. The van der Waals surface area contributed by atoms with Gasteiger partial charge in [-0.05, 0) is 38.1 Å². The summed E-state index contributed by atoms with van der Waals surface area (Å²) in [7, 11) is 2.00. The maximum Gasteiger partial charge on any atom is 0.410 e. The quantitative estimate of drug-likeness (QED) is 0.763. The number of carbonyl (C=O) groups excluding carboxylic acids is 2. The van der Waals surface area contributed by atoms with Crippen LogP contribution in [0.4, 0.5) is 4.79 Å². The fourth-order valence-corrected chi connectivity index (χ4v) is 3.33. The number of carbonyl (C=O) groups is 2. The third-order valence-corrected chi connectivity index (χ3v) is 5.38. The van der Waals surface area contributed by atoms with Gasteiger partial charge in [0.2, 0.25) is 0 Å². The second kappa shape index (κ2) is 9.57. The van der Waals surface area contributed by atoms with Gasteiger partial charge in [-0.1, -0.05) is 20.8 Å². The summed E-state index contributed by atoms with van der Waals surface area (Å²) in [6.45, 7) is 9.60. The van der Waals surface area contributed by atoms with Gasteiger partial charge in [-0.2, -0.15) is 5.26 Å². The molecule has 0 spiro atoms. The van der Waals surface area contributed by atoms with Gasteiger partial charge in [0.15, 0.2) is 6.10 Å². The molecule has 0 bridgehead atoms. The van der Waals surface area contributed by atoms with E-state index in [4.69, 9.17) is 9.47 Å². The molecule has 0 aromatic rings. The molecular weight excluding hydrogens is 360 g/mol. The van der Waals surface area contributed by atoms with Crippen molar-refractivity contribution in [3.05, 3.63) is 0 Å². The van der Waals surface area contributed by atoms with Gasteiger partial charge in [-0.15, -0.1) is 0 Å². The zero-order valence-corrected chi connectivity index (χ0v) is 17.6. The summed E-state index contributed by atoms with van der Waals surface area (Å²) < 4.78 is 10.9. The van der Waals surface area contributed by atoms with Crippen molar-refractivity contribution in [2.24, 2.45) is 5.41 Å². The molecule has 0 aromatic carbocycles. The Bertz CT molecular complexity index is 582. The molecule has 2 aliphatic heterocycles. The smallest absolute Gasteiger partial charge is 0.410 e. The Labute approximate surface area is 168 Å². The lowest BCUT2D eigenvalue weighted by molar-refractivity contribution is -0.132. The Balaban J connectivity index is 2.05. The molecule has 0 aromatic heterocycles. The van der Waals surface area contributed by atoms with Crippen LogP contribution >= 0.6 is 0 Å². The molecule has 2 saturated heterocycles. The van der Waals surface area contributed by atoms with Crippen LogP contribution in [0.1, 0.15) is 46.5 Å². The van der Waals surface area contributed by atoms with Gasteiger partial charge in [0, 0.05) is 26.2 Å². The molecule has 0 radical (unpaired) electrons. The number of hydrogen-bond acceptors (Lipinski definition) is 6. The Kier molecular flexibility index (Phi) is 7.67. The van der Waals surface area contributed by atoms with Crippen molar-refractivity contribution in [1.82, 2.24) is 15.1 Å². The number of rotatable bonds is 5. The molecule has 0 saturated carbocycles. The monoisotopic (exact) mass is 394 g/mol. The Hall–Kier alpha value is -1.85. The van der Waals surface area contributed by atoms with Crippen LogP contribution in [-0.2, 0) is 14.3 Å². The number of morpholine rings is 1. The van der Waals surface area contributed by atoms with Gasteiger partial charge in [-0.25, -0.2) is 4.79 Å². The molecule has 0 aliphatic carbocycles. The number of ether oxygens (including phenoxy) is 2. The van der Waals surface area contributed by atoms with E-state index in [1.165, 1.54) is 0 Å². The minimum atomic E-state index is -0.903. The molecule has 1 N–H and O–H groups in total. The average molecular weight is 395 g/mol. The number of likely N-dealkylation sites (tertiary alicyclic amines) is 1. The summed E-state index contributed by atoms with van der Waals surface area (Å²) in [6.07, 6.45) is 0.882. The Morgan fingerprint density at radius 1 is 1.21 bits per heavy atom. The molecular formula is C20H34N4O4. The number of piperidine rings is 1. The molecule has 2 rings (SSSR count). The predicted octanol–water partition coefficient (Wildman–Crippen LogP) is 1.75. The van der Waals surface area contributed by atoms with Gasteiger partial charge >= 0.3 is 6.09 Å². The fraction of sp³-hybridized carbons (Fsp3) is 0.850. The summed E-state index contributed by atoms with van der Waals surface area (Å²) in [5, 5.41) is 12.6. The second-order valence-electron chi connectivity index (χ2n) is 9.06. The second-order valence-corrected chi connectivity index (χ2v) is 9.06. The topological polar surface area (TPSA) is 94.9 Å². The third-order valence-electron chi connectivity index (χ3n) is 5.38. The molecule has 1 atom stereocenters. The molecule has 2 aliphatic rings. The molecule has 8 heteroatoms. The summed E-state index contributed by atoms with van der Waals surface area (Å²) in [6, 6.07) is 2.29. The van der Waals surface area contributed by atoms with Gasteiger partial charge < -0.3 is 24.6 Å². The van der Waals surface area contributed by atoms with Crippen molar-refractivity contribution >= 4 is 12.0 Å². The number of hydrogen-bond donors (Lipinski definition) is 1. The summed E-state index contributed by atoms with van der Waals surface area (Å²) in [4.78, 5) is 29.2. The van der Waals surface area contributed by atoms with Crippen LogP contribution in [0.5, 0.6) is 0 Å². The van der Waals surface area contributed by atoms with Crippen molar-refractivity contribution < 1.29 is 19.1 Å². The molecule has 2 heterocycles. The first-order chi connectivity index (χ1) is 13.1. The van der Waals surface area contributed by atoms with E-state index >= 15 is 0 Å². The number of nitriles is 1. The van der Waals surface area contributed by atoms with Gasteiger partial charge in [0.1, 0.15) is 5.54 Å². The predicted molar refractivity (Wildman–Crippen MR) is 105 cm³/mol.